The molecule has 0 unspecified atom stereocenters. The summed E-state index contributed by atoms with van der Waals surface area (Å²) in [7, 11) is 1.84. The number of carbonyl (C=O) groups excluding carboxylic acids is 2. The second-order valence-electron chi connectivity index (χ2n) is 13.6. The molecule has 0 radical (unpaired) electrons. The van der Waals surface area contributed by atoms with Gasteiger partial charge in [0.1, 0.15) is 5.75 Å². The number of halogens is 6. The summed E-state index contributed by atoms with van der Waals surface area (Å²) < 4.78 is 90.7. The first-order chi connectivity index (χ1) is 24.9. The van der Waals surface area contributed by atoms with Gasteiger partial charge in [-0.2, -0.15) is 26.3 Å². The lowest BCUT2D eigenvalue weighted by Crippen LogP contribution is -2.47. The number of hydrogen-bond acceptors (Lipinski definition) is 6. The molecule has 4 atom stereocenters. The molecule has 3 aromatic carbocycles. The lowest BCUT2D eigenvalue weighted by molar-refractivity contribution is -0.138. The SMILES string of the molecule is C[C@@H]1CCCCO[C@@H](CN(C)Cc2ccc(C(F)(F)F)cc2)[C@H](C)CN([C@@H](C)CO)C(=O)c2cc(NC(=O)Nc3ccc(C(F)(F)F)cc3)ccc2O1. The highest BCUT2D eigenvalue weighted by Crippen LogP contribution is 2.32. The third-order valence-corrected chi connectivity index (χ3v) is 9.00. The maximum atomic E-state index is 14.4. The summed E-state index contributed by atoms with van der Waals surface area (Å²) >= 11 is 0. The molecule has 3 amide bonds. The molecule has 3 N–H and O–H groups in total. The van der Waals surface area contributed by atoms with E-state index in [1.807, 2.05) is 25.8 Å². The number of amides is 3. The topological polar surface area (TPSA) is 103 Å². The molecule has 4 rings (SSSR count). The van der Waals surface area contributed by atoms with Crippen molar-refractivity contribution in [3.8, 4) is 5.75 Å². The molecule has 3 aromatic rings. The van der Waals surface area contributed by atoms with Crippen LogP contribution >= 0.6 is 0 Å². The third kappa shape index (κ3) is 12.1. The van der Waals surface area contributed by atoms with E-state index in [0.29, 0.717) is 31.7 Å². The third-order valence-electron chi connectivity index (χ3n) is 9.00. The monoisotopic (exact) mass is 752 g/mol. The Labute approximate surface area is 305 Å². The van der Waals surface area contributed by atoms with E-state index in [0.717, 1.165) is 49.2 Å². The highest BCUT2D eigenvalue weighted by Gasteiger charge is 2.32. The number of carbonyl (C=O) groups is 2. The predicted octanol–water partition coefficient (Wildman–Crippen LogP) is 8.30. The maximum absolute atomic E-state index is 14.4. The summed E-state index contributed by atoms with van der Waals surface area (Å²) in [4.78, 5) is 30.7. The number of likely N-dealkylation sites (N-methyl/N-ethyl adjacent to an activating group) is 1. The van der Waals surface area contributed by atoms with Crippen LogP contribution in [0.15, 0.2) is 66.7 Å². The van der Waals surface area contributed by atoms with Crippen LogP contribution in [0.1, 0.15) is 67.1 Å². The molecular formula is C38H46F6N4O5. The van der Waals surface area contributed by atoms with Crippen molar-refractivity contribution in [2.45, 2.75) is 77.2 Å². The second kappa shape index (κ2) is 18.1. The molecule has 0 fully saturated rings. The fraction of sp³-hybridized carbons (Fsp3) is 0.474. The lowest BCUT2D eigenvalue weighted by Gasteiger charge is -2.36. The minimum atomic E-state index is -4.52. The van der Waals surface area contributed by atoms with Crippen molar-refractivity contribution in [3.05, 3.63) is 89.0 Å². The Morgan fingerprint density at radius 1 is 0.925 bits per heavy atom. The molecule has 1 aliphatic heterocycles. The van der Waals surface area contributed by atoms with E-state index >= 15 is 0 Å². The Morgan fingerprint density at radius 2 is 1.51 bits per heavy atom. The zero-order chi connectivity index (χ0) is 38.9. The molecule has 9 nitrogen and oxygen atoms in total. The normalized spacial score (nSPS) is 19.9. The Balaban J connectivity index is 1.55. The Morgan fingerprint density at radius 3 is 2.11 bits per heavy atom. The minimum Gasteiger partial charge on any atom is -0.490 e. The van der Waals surface area contributed by atoms with Gasteiger partial charge in [-0.25, -0.2) is 4.79 Å². The van der Waals surface area contributed by atoms with Crippen LogP contribution in [-0.2, 0) is 23.6 Å². The number of nitrogens with zero attached hydrogens (tertiary/aromatic N) is 2. The summed E-state index contributed by atoms with van der Waals surface area (Å²) in [5.41, 5.74) is -0.412. The molecule has 0 bridgehead atoms. The van der Waals surface area contributed by atoms with Gasteiger partial charge < -0.3 is 30.1 Å². The first kappa shape index (κ1) is 41.4. The Bertz CT molecular complexity index is 1650. The van der Waals surface area contributed by atoms with E-state index in [2.05, 4.69) is 10.6 Å². The number of rotatable bonds is 8. The van der Waals surface area contributed by atoms with E-state index in [1.165, 1.54) is 23.1 Å². The quantitative estimate of drug-likeness (QED) is 0.200. The number of nitrogens with one attached hydrogen (secondary N) is 2. The van der Waals surface area contributed by atoms with Crippen LogP contribution in [0, 0.1) is 5.92 Å². The van der Waals surface area contributed by atoms with Gasteiger partial charge in [0.15, 0.2) is 0 Å². The van der Waals surface area contributed by atoms with Gasteiger partial charge in [0.25, 0.3) is 5.91 Å². The Hall–Kier alpha value is -4.34. The molecule has 0 aliphatic carbocycles. The summed E-state index contributed by atoms with van der Waals surface area (Å²) in [6.45, 7) is 6.54. The van der Waals surface area contributed by atoms with Gasteiger partial charge in [0.2, 0.25) is 0 Å². The molecule has 0 spiro atoms. The van der Waals surface area contributed by atoms with E-state index in [1.54, 1.807) is 19.1 Å². The molecule has 0 saturated heterocycles. The lowest BCUT2D eigenvalue weighted by atomic mass is 10.0. The van der Waals surface area contributed by atoms with Crippen molar-refractivity contribution in [2.75, 3.05) is 44.0 Å². The largest absolute Gasteiger partial charge is 0.490 e. The van der Waals surface area contributed by atoms with E-state index in [-0.39, 0.29) is 54.0 Å². The summed E-state index contributed by atoms with van der Waals surface area (Å²) in [6.07, 6.45) is -7.47. The number of fused-ring (bicyclic) bond motifs is 1. The fourth-order valence-corrected chi connectivity index (χ4v) is 5.98. The van der Waals surface area contributed by atoms with E-state index in [9.17, 15) is 41.0 Å². The standard InChI is InChI=1S/C38H46F6N4O5/c1-24-20-48(25(2)23-49)35(50)32-19-31(46-36(51)45-30-14-12-29(13-15-30)38(42,43)44)16-17-33(32)53-26(3)7-5-6-18-52-34(24)22-47(4)21-27-8-10-28(11-9-27)37(39,40)41/h8-17,19,24-26,34,49H,5-7,18,20-23H2,1-4H3,(H2,45,46,51)/t24-,25+,26-,34+/m1/s1. The van der Waals surface area contributed by atoms with E-state index < -0.39 is 41.5 Å². The number of benzene rings is 3. The zero-order valence-electron chi connectivity index (χ0n) is 30.1. The van der Waals surface area contributed by atoms with Crippen LogP contribution in [0.5, 0.6) is 5.75 Å². The van der Waals surface area contributed by atoms with Gasteiger partial charge in [-0.05, 0) is 100 Å². The van der Waals surface area contributed by atoms with Crippen LogP contribution in [-0.4, -0.2) is 78.4 Å². The van der Waals surface area contributed by atoms with Crippen molar-refractivity contribution in [1.29, 1.82) is 0 Å². The zero-order valence-corrected chi connectivity index (χ0v) is 30.1. The molecule has 1 heterocycles. The average molecular weight is 753 g/mol. The minimum absolute atomic E-state index is 0.126. The van der Waals surface area contributed by atoms with Gasteiger partial charge >= 0.3 is 18.4 Å². The van der Waals surface area contributed by atoms with Crippen molar-refractivity contribution >= 4 is 23.3 Å². The van der Waals surface area contributed by atoms with Crippen LogP contribution in [0.2, 0.25) is 0 Å². The fourth-order valence-electron chi connectivity index (χ4n) is 5.98. The van der Waals surface area contributed by atoms with Crippen LogP contribution in [0.25, 0.3) is 0 Å². The summed E-state index contributed by atoms with van der Waals surface area (Å²) in [5, 5.41) is 15.3. The number of anilines is 2. The summed E-state index contributed by atoms with van der Waals surface area (Å²) in [5.74, 6) is -0.452. The van der Waals surface area contributed by atoms with Gasteiger partial charge in [-0.3, -0.25) is 9.69 Å². The maximum Gasteiger partial charge on any atom is 0.416 e. The highest BCUT2D eigenvalue weighted by atomic mass is 19.4. The molecule has 53 heavy (non-hydrogen) atoms. The smallest absolute Gasteiger partial charge is 0.416 e. The molecule has 15 heteroatoms. The number of aliphatic hydroxyl groups excluding tert-OH is 1. The van der Waals surface area contributed by atoms with Gasteiger partial charge in [0.05, 0.1) is 41.5 Å². The first-order valence-corrected chi connectivity index (χ1v) is 17.4. The molecule has 0 saturated carbocycles. The van der Waals surface area contributed by atoms with Gasteiger partial charge in [-0.15, -0.1) is 0 Å². The second-order valence-corrected chi connectivity index (χ2v) is 13.6. The highest BCUT2D eigenvalue weighted by molar-refractivity contribution is 6.02. The predicted molar refractivity (Wildman–Crippen MR) is 189 cm³/mol. The van der Waals surface area contributed by atoms with Gasteiger partial charge in [0, 0.05) is 43.5 Å². The molecular weight excluding hydrogens is 706 g/mol. The number of alkyl halides is 6. The number of hydrogen-bond donors (Lipinski definition) is 3. The molecule has 0 aromatic heterocycles. The van der Waals surface area contributed by atoms with E-state index in [4.69, 9.17) is 9.47 Å². The van der Waals surface area contributed by atoms with Crippen molar-refractivity contribution in [1.82, 2.24) is 9.80 Å². The summed E-state index contributed by atoms with van der Waals surface area (Å²) in [6, 6.07) is 12.2. The molecule has 290 valence electrons. The average Bonchev–Trinajstić information content (AvgIpc) is 3.09. The first-order valence-electron chi connectivity index (χ1n) is 17.4. The van der Waals surface area contributed by atoms with Gasteiger partial charge in [-0.1, -0.05) is 19.1 Å². The Kier molecular flexibility index (Phi) is 14.2. The number of urea groups is 1. The molecule has 1 aliphatic rings. The van der Waals surface area contributed by atoms with Crippen LogP contribution < -0.4 is 15.4 Å². The van der Waals surface area contributed by atoms with Crippen LogP contribution in [0.3, 0.4) is 0 Å². The number of ether oxygens (including phenoxy) is 2. The van der Waals surface area contributed by atoms with Crippen molar-refractivity contribution in [2.24, 2.45) is 5.92 Å². The van der Waals surface area contributed by atoms with Crippen LogP contribution in [0.4, 0.5) is 42.5 Å². The number of aliphatic hydroxyl groups is 1. The van der Waals surface area contributed by atoms with Crippen molar-refractivity contribution < 1.29 is 50.5 Å². The van der Waals surface area contributed by atoms with Crippen molar-refractivity contribution in [3.63, 3.8) is 0 Å².